The van der Waals surface area contributed by atoms with Crippen LogP contribution < -0.4 is 16.0 Å². The second-order valence-electron chi connectivity index (χ2n) is 11.7. The molecule has 0 saturated heterocycles. The van der Waals surface area contributed by atoms with E-state index in [9.17, 15) is 4.79 Å². The number of hydrogen-bond acceptors (Lipinski definition) is 6. The van der Waals surface area contributed by atoms with Crippen LogP contribution in [0, 0.1) is 10.8 Å². The molecule has 1 amide bonds. The summed E-state index contributed by atoms with van der Waals surface area (Å²) in [6.45, 7) is 12.0. The maximum atomic E-state index is 13.2. The first kappa shape index (κ1) is 25.7. The summed E-state index contributed by atoms with van der Waals surface area (Å²) in [5.74, 6) is 1.11. The highest BCUT2D eigenvalue weighted by Gasteiger charge is 2.38. The van der Waals surface area contributed by atoms with E-state index in [1.165, 1.54) is 0 Å². The predicted octanol–water partition coefficient (Wildman–Crippen LogP) is 6.33. The summed E-state index contributed by atoms with van der Waals surface area (Å²) in [5, 5.41) is 14.1. The van der Waals surface area contributed by atoms with E-state index in [4.69, 9.17) is 9.51 Å². The molecule has 2 atom stereocenters. The van der Waals surface area contributed by atoms with E-state index in [1.807, 2.05) is 31.3 Å². The predicted molar refractivity (Wildman–Crippen MR) is 145 cm³/mol. The van der Waals surface area contributed by atoms with Gasteiger partial charge in [0.25, 0.3) is 5.91 Å². The second kappa shape index (κ2) is 10.3. The number of rotatable bonds is 7. The van der Waals surface area contributed by atoms with Gasteiger partial charge >= 0.3 is 0 Å². The number of pyridine rings is 1. The first-order chi connectivity index (χ1) is 17.1. The quantitative estimate of drug-likeness (QED) is 0.359. The number of aromatic nitrogens is 2. The van der Waals surface area contributed by atoms with E-state index in [0.29, 0.717) is 11.5 Å². The number of carbonyl (C=O) groups excluding carboxylic acids is 1. The highest BCUT2D eigenvalue weighted by atomic mass is 16.5. The Morgan fingerprint density at radius 3 is 2.50 bits per heavy atom. The van der Waals surface area contributed by atoms with E-state index in [-0.39, 0.29) is 22.8 Å². The van der Waals surface area contributed by atoms with Crippen molar-refractivity contribution in [1.29, 1.82) is 0 Å². The summed E-state index contributed by atoms with van der Waals surface area (Å²) in [6, 6.07) is 13.6. The molecule has 36 heavy (non-hydrogen) atoms. The molecule has 1 aliphatic rings. The molecule has 0 radical (unpaired) electrons. The van der Waals surface area contributed by atoms with Gasteiger partial charge in [0, 0.05) is 48.4 Å². The maximum Gasteiger partial charge on any atom is 0.251 e. The number of anilines is 2. The minimum atomic E-state index is -0.0500. The molecular formula is C29H39N5O2. The van der Waals surface area contributed by atoms with Crippen LogP contribution >= 0.6 is 0 Å². The molecule has 0 bridgehead atoms. The van der Waals surface area contributed by atoms with Crippen LogP contribution in [0.5, 0.6) is 0 Å². The Bertz CT molecular complexity index is 1160. The fourth-order valence-electron chi connectivity index (χ4n) is 4.76. The first-order valence-electron chi connectivity index (χ1n) is 12.8. The standard InChI is InChI=1S/C29H39N5O2/c1-28(2,3)18-31-24-12-11-22(32-26(24)30-6)21-13-15-29(4,5)25(17-21)33-27(35)20-9-7-19(8-10-20)23-14-16-36-34-23/h7-12,14,16,21,25,31H,13,15,17-18H2,1-6H3,(H,30,32)(H,33,35). The maximum absolute atomic E-state index is 13.2. The topological polar surface area (TPSA) is 92.1 Å². The van der Waals surface area contributed by atoms with Crippen molar-refractivity contribution in [2.75, 3.05) is 24.2 Å². The molecule has 0 spiro atoms. The third-order valence-corrected chi connectivity index (χ3v) is 7.17. The van der Waals surface area contributed by atoms with Crippen LogP contribution in [0.4, 0.5) is 11.5 Å². The summed E-state index contributed by atoms with van der Waals surface area (Å²) < 4.78 is 4.92. The molecule has 3 N–H and O–H groups in total. The molecule has 2 heterocycles. The van der Waals surface area contributed by atoms with Crippen molar-refractivity contribution in [1.82, 2.24) is 15.5 Å². The molecule has 1 saturated carbocycles. The van der Waals surface area contributed by atoms with E-state index in [2.05, 4.69) is 67.9 Å². The van der Waals surface area contributed by atoms with Crippen LogP contribution in [0.2, 0.25) is 0 Å². The van der Waals surface area contributed by atoms with Gasteiger partial charge in [0.1, 0.15) is 17.8 Å². The van der Waals surface area contributed by atoms with Crippen LogP contribution in [0.15, 0.2) is 53.3 Å². The van der Waals surface area contributed by atoms with Crippen LogP contribution in [0.1, 0.15) is 75.9 Å². The fraction of sp³-hybridized carbons (Fsp3) is 0.483. The molecule has 2 aromatic heterocycles. The van der Waals surface area contributed by atoms with Crippen LogP contribution in [0.3, 0.4) is 0 Å². The van der Waals surface area contributed by atoms with Gasteiger partial charge in [-0.25, -0.2) is 4.98 Å². The first-order valence-corrected chi connectivity index (χ1v) is 12.8. The lowest BCUT2D eigenvalue weighted by atomic mass is 9.68. The lowest BCUT2D eigenvalue weighted by Crippen LogP contribution is -2.48. The van der Waals surface area contributed by atoms with Crippen molar-refractivity contribution in [3.05, 3.63) is 60.0 Å². The van der Waals surface area contributed by atoms with E-state index in [0.717, 1.165) is 54.3 Å². The minimum Gasteiger partial charge on any atom is -0.382 e. The molecule has 1 aliphatic carbocycles. The summed E-state index contributed by atoms with van der Waals surface area (Å²) in [4.78, 5) is 18.1. The number of nitrogens with one attached hydrogen (secondary N) is 3. The summed E-state index contributed by atoms with van der Waals surface area (Å²) in [6.07, 6.45) is 4.48. The zero-order valence-electron chi connectivity index (χ0n) is 22.3. The number of benzene rings is 1. The smallest absolute Gasteiger partial charge is 0.251 e. The van der Waals surface area contributed by atoms with Crippen molar-refractivity contribution >= 4 is 17.4 Å². The van der Waals surface area contributed by atoms with Gasteiger partial charge in [-0.1, -0.05) is 51.9 Å². The van der Waals surface area contributed by atoms with Crippen molar-refractivity contribution in [2.45, 2.75) is 65.8 Å². The Morgan fingerprint density at radius 2 is 1.86 bits per heavy atom. The molecule has 3 aromatic rings. The zero-order chi connectivity index (χ0) is 25.9. The van der Waals surface area contributed by atoms with E-state index in [1.54, 1.807) is 12.3 Å². The van der Waals surface area contributed by atoms with Crippen molar-refractivity contribution in [3.8, 4) is 11.3 Å². The average Bonchev–Trinajstić information content (AvgIpc) is 3.38. The molecule has 1 fully saturated rings. The zero-order valence-corrected chi connectivity index (χ0v) is 22.3. The summed E-state index contributed by atoms with van der Waals surface area (Å²) in [5.41, 5.74) is 4.60. The molecule has 192 valence electrons. The Balaban J connectivity index is 1.46. The third-order valence-electron chi connectivity index (χ3n) is 7.17. The molecule has 4 rings (SSSR count). The molecule has 7 heteroatoms. The number of nitrogens with zero attached hydrogens (tertiary/aromatic N) is 2. The molecule has 1 aromatic carbocycles. The normalized spacial score (nSPS) is 19.5. The lowest BCUT2D eigenvalue weighted by Gasteiger charge is -2.42. The van der Waals surface area contributed by atoms with E-state index < -0.39 is 0 Å². The number of amides is 1. The van der Waals surface area contributed by atoms with Crippen molar-refractivity contribution < 1.29 is 9.32 Å². The monoisotopic (exact) mass is 489 g/mol. The van der Waals surface area contributed by atoms with Gasteiger partial charge in [-0.15, -0.1) is 0 Å². The van der Waals surface area contributed by atoms with E-state index >= 15 is 0 Å². The Kier molecular flexibility index (Phi) is 7.38. The third kappa shape index (κ3) is 6.07. The van der Waals surface area contributed by atoms with Gasteiger partial charge in [0.05, 0.1) is 5.69 Å². The summed E-state index contributed by atoms with van der Waals surface area (Å²) in [7, 11) is 1.91. The number of carbonyl (C=O) groups is 1. The molecule has 2 unspecified atom stereocenters. The van der Waals surface area contributed by atoms with Gasteiger partial charge < -0.3 is 20.5 Å². The summed E-state index contributed by atoms with van der Waals surface area (Å²) >= 11 is 0. The van der Waals surface area contributed by atoms with Gasteiger partial charge in [0.15, 0.2) is 0 Å². The Labute approximate surface area is 214 Å². The molecule has 7 nitrogen and oxygen atoms in total. The average molecular weight is 490 g/mol. The SMILES string of the molecule is CNc1nc(C2CCC(C)(C)C(NC(=O)c3ccc(-c4ccon4)cc3)C2)ccc1NCC(C)(C)C. The highest BCUT2D eigenvalue weighted by molar-refractivity contribution is 5.94. The van der Waals surface area contributed by atoms with Crippen LogP contribution in [-0.4, -0.2) is 35.7 Å². The minimum absolute atomic E-state index is 0.00680. The lowest BCUT2D eigenvalue weighted by molar-refractivity contribution is 0.0836. The number of hydrogen-bond donors (Lipinski definition) is 3. The van der Waals surface area contributed by atoms with Crippen molar-refractivity contribution in [3.63, 3.8) is 0 Å². The fourth-order valence-corrected chi connectivity index (χ4v) is 4.76. The Morgan fingerprint density at radius 1 is 1.11 bits per heavy atom. The highest BCUT2D eigenvalue weighted by Crippen LogP contribution is 2.43. The largest absolute Gasteiger partial charge is 0.382 e. The van der Waals surface area contributed by atoms with Gasteiger partial charge in [-0.2, -0.15) is 0 Å². The van der Waals surface area contributed by atoms with Gasteiger partial charge in [0.2, 0.25) is 0 Å². The van der Waals surface area contributed by atoms with Crippen LogP contribution in [0.25, 0.3) is 11.3 Å². The van der Waals surface area contributed by atoms with Crippen molar-refractivity contribution in [2.24, 2.45) is 10.8 Å². The van der Waals surface area contributed by atoms with Gasteiger partial charge in [-0.3, -0.25) is 4.79 Å². The Hall–Kier alpha value is -3.35. The second-order valence-corrected chi connectivity index (χ2v) is 11.7. The molecular weight excluding hydrogens is 450 g/mol. The van der Waals surface area contributed by atoms with Crippen LogP contribution in [-0.2, 0) is 0 Å². The van der Waals surface area contributed by atoms with Gasteiger partial charge in [-0.05, 0) is 54.4 Å². The molecule has 0 aliphatic heterocycles.